The quantitative estimate of drug-likeness (QED) is 0.674. The Hall–Kier alpha value is -3.01. The molecular weight excluding hydrogens is 410 g/mol. The molecule has 1 atom stereocenters. The highest BCUT2D eigenvalue weighted by molar-refractivity contribution is 5.95. The summed E-state index contributed by atoms with van der Waals surface area (Å²) < 4.78 is 32.1. The smallest absolute Gasteiger partial charge is 0.341 e. The van der Waals surface area contributed by atoms with E-state index in [2.05, 4.69) is 5.16 Å². The fourth-order valence-electron chi connectivity index (χ4n) is 3.97. The Balaban J connectivity index is 2.17. The molecule has 1 aromatic heterocycles. The molecule has 1 unspecified atom stereocenters. The fraction of sp³-hybridized carbons (Fsp3) is 0.476. The Morgan fingerprint density at radius 3 is 2.68 bits per heavy atom. The molecule has 0 bridgehead atoms. The third-order valence-electron chi connectivity index (χ3n) is 5.73. The molecule has 3 rings (SSSR count). The lowest BCUT2D eigenvalue weighted by Crippen LogP contribution is -2.52. The van der Waals surface area contributed by atoms with Crippen LogP contribution in [0.2, 0.25) is 0 Å². The van der Waals surface area contributed by atoms with E-state index in [1.807, 2.05) is 13.8 Å². The van der Waals surface area contributed by atoms with E-state index in [1.54, 1.807) is 11.8 Å². The summed E-state index contributed by atoms with van der Waals surface area (Å²) in [5.74, 6) is -3.29. The molecule has 1 aliphatic rings. The van der Waals surface area contributed by atoms with Crippen LogP contribution >= 0.6 is 0 Å². The predicted molar refractivity (Wildman–Crippen MR) is 114 cm³/mol. The zero-order valence-corrected chi connectivity index (χ0v) is 17.7. The van der Waals surface area contributed by atoms with Gasteiger partial charge in [0, 0.05) is 44.2 Å². The number of hydrogen-bond acceptors (Lipinski definition) is 6. The number of aromatic nitrogens is 1. The third-order valence-corrected chi connectivity index (χ3v) is 5.73. The van der Waals surface area contributed by atoms with Crippen molar-refractivity contribution in [2.24, 2.45) is 16.3 Å². The zero-order chi connectivity index (χ0) is 22.9. The van der Waals surface area contributed by atoms with Gasteiger partial charge in [0.05, 0.1) is 16.6 Å². The van der Waals surface area contributed by atoms with Gasteiger partial charge in [-0.1, -0.05) is 12.1 Å². The van der Waals surface area contributed by atoms with Gasteiger partial charge in [0.1, 0.15) is 23.7 Å². The van der Waals surface area contributed by atoms with Crippen molar-refractivity contribution in [1.82, 2.24) is 4.57 Å². The van der Waals surface area contributed by atoms with Crippen LogP contribution in [0.1, 0.15) is 37.6 Å². The summed E-state index contributed by atoms with van der Waals surface area (Å²) in [6, 6.07) is 0.915. The number of carboxylic acid groups (broad SMARTS) is 1. The molecule has 3 N–H and O–H groups in total. The van der Waals surface area contributed by atoms with Crippen LogP contribution in [0.25, 0.3) is 10.9 Å². The first-order valence-electron chi connectivity index (χ1n) is 10.1. The van der Waals surface area contributed by atoms with Crippen molar-refractivity contribution < 1.29 is 23.5 Å². The normalized spacial score (nSPS) is 20.5. The van der Waals surface area contributed by atoms with E-state index in [9.17, 15) is 14.7 Å². The molecule has 31 heavy (non-hydrogen) atoms. The molecule has 0 aliphatic carbocycles. The fourth-order valence-corrected chi connectivity index (χ4v) is 3.97. The summed E-state index contributed by atoms with van der Waals surface area (Å²) in [6.45, 7) is 6.63. The number of benzene rings is 1. The van der Waals surface area contributed by atoms with Crippen molar-refractivity contribution >= 4 is 28.3 Å². The van der Waals surface area contributed by atoms with Gasteiger partial charge in [-0.05, 0) is 19.9 Å². The van der Waals surface area contributed by atoms with Crippen LogP contribution in [-0.2, 0) is 11.4 Å². The topological polar surface area (TPSA) is 110 Å². The Bertz CT molecular complexity index is 1110. The van der Waals surface area contributed by atoms with Gasteiger partial charge in [0.2, 0.25) is 5.43 Å². The van der Waals surface area contributed by atoms with E-state index in [1.165, 1.54) is 4.57 Å². The number of carbonyl (C=O) groups is 1. The van der Waals surface area contributed by atoms with Crippen molar-refractivity contribution in [2.75, 3.05) is 31.1 Å². The summed E-state index contributed by atoms with van der Waals surface area (Å²) in [6.07, 6.45) is 1.49. The monoisotopic (exact) mass is 436 g/mol. The summed E-state index contributed by atoms with van der Waals surface area (Å²) in [5, 5.41) is 13.1. The van der Waals surface area contributed by atoms with E-state index >= 15 is 8.78 Å². The Labute approximate surface area is 177 Å². The molecule has 0 spiro atoms. The molecule has 10 heteroatoms. The average Bonchev–Trinajstić information content (AvgIpc) is 2.73. The van der Waals surface area contributed by atoms with E-state index in [-0.39, 0.29) is 42.8 Å². The van der Waals surface area contributed by atoms with Crippen LogP contribution in [-0.4, -0.2) is 47.6 Å². The molecule has 0 saturated carbocycles. The average molecular weight is 436 g/mol. The lowest BCUT2D eigenvalue weighted by Gasteiger charge is -2.41. The lowest BCUT2D eigenvalue weighted by molar-refractivity contribution is 0.0694. The van der Waals surface area contributed by atoms with Crippen LogP contribution in [0.4, 0.5) is 14.5 Å². The third kappa shape index (κ3) is 3.87. The number of carboxylic acids is 1. The van der Waals surface area contributed by atoms with Crippen LogP contribution in [0.5, 0.6) is 0 Å². The number of oxime groups is 1. The van der Waals surface area contributed by atoms with Gasteiger partial charge in [0.15, 0.2) is 5.82 Å². The molecule has 1 aromatic carbocycles. The van der Waals surface area contributed by atoms with Crippen molar-refractivity contribution in [3.8, 4) is 0 Å². The van der Waals surface area contributed by atoms with Gasteiger partial charge in [0.25, 0.3) is 0 Å². The minimum atomic E-state index is -1.45. The van der Waals surface area contributed by atoms with Crippen molar-refractivity contribution in [3.05, 3.63) is 39.7 Å². The number of aryl methyl sites for hydroxylation is 1. The molecular formula is C21H26F2N4O4. The second-order valence-corrected chi connectivity index (χ2v) is 7.77. The molecule has 2 heterocycles. The first-order valence-corrected chi connectivity index (χ1v) is 10.1. The number of piperidine rings is 1. The summed E-state index contributed by atoms with van der Waals surface area (Å²) in [7, 11) is 0. The van der Waals surface area contributed by atoms with Gasteiger partial charge in [-0.3, -0.25) is 4.79 Å². The maximum Gasteiger partial charge on any atom is 0.341 e. The number of anilines is 1. The highest BCUT2D eigenvalue weighted by atomic mass is 19.1. The van der Waals surface area contributed by atoms with E-state index in [0.29, 0.717) is 13.0 Å². The van der Waals surface area contributed by atoms with Gasteiger partial charge >= 0.3 is 5.97 Å². The minimum absolute atomic E-state index is 0.128. The van der Waals surface area contributed by atoms with Crippen LogP contribution < -0.4 is 16.1 Å². The Kier molecular flexibility index (Phi) is 6.30. The molecule has 0 radical (unpaired) electrons. The SMILES string of the molecule is CCO/N=C1/CCN(c2c(F)cc3c(=O)c(C(=O)O)cn(CC)c3c2F)CC1(C)CN. The Morgan fingerprint density at radius 2 is 2.10 bits per heavy atom. The minimum Gasteiger partial charge on any atom is -0.477 e. The predicted octanol–water partition coefficient (Wildman–Crippen LogP) is 2.57. The number of hydrogen-bond donors (Lipinski definition) is 2. The number of rotatable bonds is 6. The number of fused-ring (bicyclic) bond motifs is 1. The summed E-state index contributed by atoms with van der Waals surface area (Å²) in [5.41, 5.74) is 4.18. The number of halogens is 2. The van der Waals surface area contributed by atoms with Crippen molar-refractivity contribution in [3.63, 3.8) is 0 Å². The van der Waals surface area contributed by atoms with Gasteiger partial charge in [-0.15, -0.1) is 0 Å². The van der Waals surface area contributed by atoms with Crippen LogP contribution in [0.3, 0.4) is 0 Å². The maximum atomic E-state index is 15.7. The molecule has 168 valence electrons. The van der Waals surface area contributed by atoms with Crippen LogP contribution in [0.15, 0.2) is 22.2 Å². The standard InChI is InChI=1S/C21H26F2N4O4/c1-4-26-9-13(20(29)30)19(28)12-8-14(22)18(16(23)17(12)26)27-7-6-15(25-31-5-2)21(3,10-24)11-27/h8-9H,4-7,10-11,24H2,1-3H3,(H,29,30)/b25-15-. The second-order valence-electron chi connectivity index (χ2n) is 7.77. The molecule has 1 fully saturated rings. The number of nitrogens with zero attached hydrogens (tertiary/aromatic N) is 3. The zero-order valence-electron chi connectivity index (χ0n) is 17.7. The molecule has 1 aliphatic heterocycles. The number of pyridine rings is 1. The first kappa shape index (κ1) is 22.7. The Morgan fingerprint density at radius 1 is 1.39 bits per heavy atom. The summed E-state index contributed by atoms with van der Waals surface area (Å²) >= 11 is 0. The number of nitrogens with two attached hydrogens (primary N) is 1. The lowest BCUT2D eigenvalue weighted by atomic mass is 9.79. The highest BCUT2D eigenvalue weighted by Crippen LogP contribution is 2.35. The van der Waals surface area contributed by atoms with E-state index in [0.717, 1.165) is 18.0 Å². The largest absolute Gasteiger partial charge is 0.477 e. The van der Waals surface area contributed by atoms with Gasteiger partial charge in [-0.2, -0.15) is 0 Å². The molecule has 1 saturated heterocycles. The molecule has 0 amide bonds. The van der Waals surface area contributed by atoms with Crippen LogP contribution in [0, 0.1) is 17.0 Å². The van der Waals surface area contributed by atoms with Crippen molar-refractivity contribution in [1.29, 1.82) is 0 Å². The maximum absolute atomic E-state index is 15.7. The van der Waals surface area contributed by atoms with Gasteiger partial charge < -0.3 is 25.1 Å². The second kappa shape index (κ2) is 8.62. The van der Waals surface area contributed by atoms with E-state index < -0.39 is 34.0 Å². The van der Waals surface area contributed by atoms with Crippen molar-refractivity contribution in [2.45, 2.75) is 33.7 Å². The number of aromatic carboxylic acids is 1. The highest BCUT2D eigenvalue weighted by Gasteiger charge is 2.38. The molecule has 8 nitrogen and oxygen atoms in total. The molecule has 2 aromatic rings. The van der Waals surface area contributed by atoms with Gasteiger partial charge in [-0.25, -0.2) is 13.6 Å². The summed E-state index contributed by atoms with van der Waals surface area (Å²) in [4.78, 5) is 30.6. The first-order chi connectivity index (χ1) is 14.7. The van der Waals surface area contributed by atoms with E-state index in [4.69, 9.17) is 10.6 Å².